The minimum absolute atomic E-state index is 0.260. The minimum atomic E-state index is -1.44. The molecule has 110 valence electrons. The Balaban J connectivity index is 3.47. The first kappa shape index (κ1) is 15.7. The third kappa shape index (κ3) is 2.81. The molecule has 0 saturated carbocycles. The van der Waals surface area contributed by atoms with Crippen molar-refractivity contribution in [2.45, 2.75) is 27.2 Å². The van der Waals surface area contributed by atoms with E-state index in [1.54, 1.807) is 29.6 Å². The molecule has 0 radical (unpaired) electrons. The van der Waals surface area contributed by atoms with Gasteiger partial charge in [0.1, 0.15) is 11.6 Å². The Kier molecular flexibility index (Phi) is 4.90. The van der Waals surface area contributed by atoms with Crippen LogP contribution in [0.4, 0.5) is 5.82 Å². The predicted molar refractivity (Wildman–Crippen MR) is 73.6 cm³/mol. The lowest BCUT2D eigenvalue weighted by molar-refractivity contribution is -0.140. The van der Waals surface area contributed by atoms with E-state index < -0.39 is 17.5 Å². The van der Waals surface area contributed by atoms with Gasteiger partial charge in [0.05, 0.1) is 6.20 Å². The van der Waals surface area contributed by atoms with Crippen LogP contribution in [0.3, 0.4) is 0 Å². The van der Waals surface area contributed by atoms with Gasteiger partial charge in [0.2, 0.25) is 0 Å². The van der Waals surface area contributed by atoms with Crippen molar-refractivity contribution in [3.05, 3.63) is 23.3 Å². The van der Waals surface area contributed by atoms with Gasteiger partial charge < -0.3 is 19.7 Å². The normalized spacial score (nSPS) is 10.2. The number of carboxylic acids is 2. The van der Waals surface area contributed by atoms with Crippen molar-refractivity contribution in [2.24, 2.45) is 7.05 Å². The van der Waals surface area contributed by atoms with Gasteiger partial charge in [-0.3, -0.25) is 0 Å². The standard InChI is InChI=1S/C13H19N3O4/c1-5-9(11(12(17)18)13(19)20)16(6-2)10-7-14-8(3)15(10)4/h7H,5-6H2,1-4H3,(H,17,18)(H,19,20). The summed E-state index contributed by atoms with van der Waals surface area (Å²) in [6.07, 6.45) is 1.90. The average Bonchev–Trinajstić information content (AvgIpc) is 2.69. The van der Waals surface area contributed by atoms with Gasteiger partial charge in [-0.2, -0.15) is 0 Å². The summed E-state index contributed by atoms with van der Waals surface area (Å²) in [7, 11) is 1.80. The predicted octanol–water partition coefficient (Wildman–Crippen LogP) is 1.39. The SMILES string of the molecule is CCC(=C(C(=O)O)C(=O)O)N(CC)c1cnc(C)n1C. The molecule has 0 aromatic carbocycles. The van der Waals surface area contributed by atoms with Crippen molar-refractivity contribution in [2.75, 3.05) is 11.4 Å². The first-order valence-corrected chi connectivity index (χ1v) is 6.30. The summed E-state index contributed by atoms with van der Waals surface area (Å²) in [6, 6.07) is 0. The van der Waals surface area contributed by atoms with E-state index in [0.717, 1.165) is 5.82 Å². The van der Waals surface area contributed by atoms with E-state index in [1.807, 2.05) is 13.8 Å². The van der Waals surface area contributed by atoms with Crippen LogP contribution in [0.25, 0.3) is 0 Å². The maximum absolute atomic E-state index is 11.2. The molecule has 0 unspecified atom stereocenters. The van der Waals surface area contributed by atoms with Crippen LogP contribution in [-0.4, -0.2) is 38.2 Å². The third-order valence-electron chi connectivity index (χ3n) is 3.17. The maximum Gasteiger partial charge on any atom is 0.344 e. The molecule has 7 heteroatoms. The van der Waals surface area contributed by atoms with Crippen LogP contribution in [0.2, 0.25) is 0 Å². The Labute approximate surface area is 117 Å². The number of aromatic nitrogens is 2. The van der Waals surface area contributed by atoms with Crippen molar-refractivity contribution >= 4 is 17.8 Å². The molecule has 7 nitrogen and oxygen atoms in total. The van der Waals surface area contributed by atoms with Gasteiger partial charge in [-0.15, -0.1) is 0 Å². The molecule has 1 aromatic heterocycles. The van der Waals surface area contributed by atoms with Crippen LogP contribution in [0.15, 0.2) is 17.5 Å². The fraction of sp³-hybridized carbons (Fsp3) is 0.462. The summed E-state index contributed by atoms with van der Waals surface area (Å²) < 4.78 is 1.79. The second-order valence-electron chi connectivity index (χ2n) is 4.25. The highest BCUT2D eigenvalue weighted by molar-refractivity contribution is 6.13. The number of hydrogen-bond donors (Lipinski definition) is 2. The van der Waals surface area contributed by atoms with Crippen LogP contribution in [0, 0.1) is 6.92 Å². The highest BCUT2D eigenvalue weighted by atomic mass is 16.4. The molecule has 0 atom stereocenters. The van der Waals surface area contributed by atoms with E-state index in [2.05, 4.69) is 4.98 Å². The third-order valence-corrected chi connectivity index (χ3v) is 3.17. The summed E-state index contributed by atoms with van der Waals surface area (Å²) >= 11 is 0. The molecular weight excluding hydrogens is 262 g/mol. The fourth-order valence-corrected chi connectivity index (χ4v) is 2.07. The largest absolute Gasteiger partial charge is 0.477 e. The van der Waals surface area contributed by atoms with Gasteiger partial charge in [0, 0.05) is 19.3 Å². The van der Waals surface area contributed by atoms with Crippen LogP contribution in [0.5, 0.6) is 0 Å². The van der Waals surface area contributed by atoms with E-state index in [-0.39, 0.29) is 5.70 Å². The van der Waals surface area contributed by atoms with Gasteiger partial charge in [0.15, 0.2) is 5.57 Å². The van der Waals surface area contributed by atoms with Crippen molar-refractivity contribution in [3.8, 4) is 0 Å². The molecule has 0 amide bonds. The quantitative estimate of drug-likeness (QED) is 0.465. The first-order valence-electron chi connectivity index (χ1n) is 6.30. The Hall–Kier alpha value is -2.31. The summed E-state index contributed by atoms with van der Waals surface area (Å²) in [5, 5.41) is 18.2. The van der Waals surface area contributed by atoms with Gasteiger partial charge in [-0.05, 0) is 20.3 Å². The lowest BCUT2D eigenvalue weighted by atomic mass is 10.1. The monoisotopic (exact) mass is 281 g/mol. The number of carboxylic acid groups (broad SMARTS) is 2. The number of anilines is 1. The van der Waals surface area contributed by atoms with Crippen molar-refractivity contribution in [1.82, 2.24) is 9.55 Å². The van der Waals surface area contributed by atoms with Crippen LogP contribution < -0.4 is 4.90 Å². The van der Waals surface area contributed by atoms with Gasteiger partial charge >= 0.3 is 11.9 Å². The average molecular weight is 281 g/mol. The van der Waals surface area contributed by atoms with E-state index in [9.17, 15) is 9.59 Å². The minimum Gasteiger partial charge on any atom is -0.477 e. The van der Waals surface area contributed by atoms with Crippen molar-refractivity contribution in [1.29, 1.82) is 0 Å². The highest BCUT2D eigenvalue weighted by Crippen LogP contribution is 2.24. The molecule has 0 saturated heterocycles. The molecule has 0 spiro atoms. The molecular formula is C13H19N3O4. The molecule has 0 aliphatic carbocycles. The summed E-state index contributed by atoms with van der Waals surface area (Å²) in [5.74, 6) is -1.44. The molecule has 0 fully saturated rings. The molecule has 2 N–H and O–H groups in total. The lowest BCUT2D eigenvalue weighted by Crippen LogP contribution is -2.29. The number of allylic oxidation sites excluding steroid dienone is 1. The molecule has 20 heavy (non-hydrogen) atoms. The van der Waals surface area contributed by atoms with Gasteiger partial charge in [-0.25, -0.2) is 14.6 Å². The molecule has 0 aliphatic heterocycles. The number of hydrogen-bond acceptors (Lipinski definition) is 4. The van der Waals surface area contributed by atoms with Crippen LogP contribution in [0.1, 0.15) is 26.1 Å². The molecule has 1 rings (SSSR count). The Bertz CT molecular complexity index is 544. The number of imidazole rings is 1. The number of carbonyl (C=O) groups is 2. The van der Waals surface area contributed by atoms with E-state index in [0.29, 0.717) is 18.8 Å². The second-order valence-corrected chi connectivity index (χ2v) is 4.25. The second kappa shape index (κ2) is 6.23. The molecule has 0 bridgehead atoms. The zero-order valence-corrected chi connectivity index (χ0v) is 12.0. The topological polar surface area (TPSA) is 95.7 Å². The molecule has 1 heterocycles. The number of aryl methyl sites for hydroxylation is 1. The lowest BCUT2D eigenvalue weighted by Gasteiger charge is -2.26. The zero-order valence-electron chi connectivity index (χ0n) is 12.0. The zero-order chi connectivity index (χ0) is 15.4. The Morgan fingerprint density at radius 1 is 1.30 bits per heavy atom. The van der Waals surface area contributed by atoms with Crippen molar-refractivity contribution < 1.29 is 19.8 Å². The smallest absolute Gasteiger partial charge is 0.344 e. The van der Waals surface area contributed by atoms with E-state index in [4.69, 9.17) is 10.2 Å². The molecule has 1 aromatic rings. The van der Waals surface area contributed by atoms with E-state index in [1.165, 1.54) is 0 Å². The van der Waals surface area contributed by atoms with Crippen LogP contribution in [-0.2, 0) is 16.6 Å². The maximum atomic E-state index is 11.2. The Morgan fingerprint density at radius 3 is 2.15 bits per heavy atom. The summed E-state index contributed by atoms with van der Waals surface area (Å²) in [4.78, 5) is 28.2. The Morgan fingerprint density at radius 2 is 1.85 bits per heavy atom. The van der Waals surface area contributed by atoms with Gasteiger partial charge in [-0.1, -0.05) is 6.92 Å². The fourth-order valence-electron chi connectivity index (χ4n) is 2.07. The first-order chi connectivity index (χ1) is 9.34. The summed E-state index contributed by atoms with van der Waals surface area (Å²) in [6.45, 7) is 5.83. The highest BCUT2D eigenvalue weighted by Gasteiger charge is 2.26. The van der Waals surface area contributed by atoms with E-state index >= 15 is 0 Å². The van der Waals surface area contributed by atoms with Crippen LogP contribution >= 0.6 is 0 Å². The summed E-state index contributed by atoms with van der Waals surface area (Å²) in [5.41, 5.74) is -0.344. The number of nitrogens with zero attached hydrogens (tertiary/aromatic N) is 3. The number of rotatable bonds is 6. The number of aliphatic carboxylic acids is 2. The molecule has 0 aliphatic rings. The van der Waals surface area contributed by atoms with Gasteiger partial charge in [0.25, 0.3) is 0 Å². The van der Waals surface area contributed by atoms with Crippen molar-refractivity contribution in [3.63, 3.8) is 0 Å².